The van der Waals surface area contributed by atoms with Gasteiger partial charge in [-0.15, -0.1) is 0 Å². The number of halogens is 1. The Hall–Kier alpha value is -1.62. The Kier molecular flexibility index (Phi) is 4.04. The molecular weight excluding hydrogens is 247 g/mol. The number of para-hydroxylation sites is 1. The summed E-state index contributed by atoms with van der Waals surface area (Å²) in [4.78, 5) is 15.7. The van der Waals surface area contributed by atoms with E-state index in [-0.39, 0.29) is 24.4 Å². The lowest BCUT2D eigenvalue weighted by Gasteiger charge is -2.44. The molecule has 2 rings (SSSR count). The summed E-state index contributed by atoms with van der Waals surface area (Å²) in [6.45, 7) is 2.40. The largest absolute Gasteiger partial charge is 0.396 e. The minimum atomic E-state index is -0.497. The van der Waals surface area contributed by atoms with E-state index in [0.717, 1.165) is 0 Å². The van der Waals surface area contributed by atoms with Gasteiger partial charge >= 0.3 is 0 Å². The van der Waals surface area contributed by atoms with Gasteiger partial charge in [-0.2, -0.15) is 0 Å². The maximum absolute atomic E-state index is 13.9. The highest BCUT2D eigenvalue weighted by molar-refractivity contribution is 5.87. The van der Waals surface area contributed by atoms with E-state index in [9.17, 15) is 9.18 Å². The van der Waals surface area contributed by atoms with Crippen molar-refractivity contribution in [2.75, 3.05) is 25.1 Å². The van der Waals surface area contributed by atoms with Crippen LogP contribution in [0.15, 0.2) is 24.3 Å². The van der Waals surface area contributed by atoms with Crippen molar-refractivity contribution < 1.29 is 14.3 Å². The van der Waals surface area contributed by atoms with Crippen LogP contribution in [0.25, 0.3) is 0 Å². The number of nitrogens with zero attached hydrogens (tertiary/aromatic N) is 2. The first-order valence-corrected chi connectivity index (χ1v) is 6.45. The van der Waals surface area contributed by atoms with E-state index in [1.807, 2.05) is 6.92 Å². The molecule has 0 aromatic heterocycles. The highest BCUT2D eigenvalue weighted by Gasteiger charge is 2.37. The molecule has 0 aliphatic carbocycles. The number of hydrogen-bond acceptors (Lipinski definition) is 3. The van der Waals surface area contributed by atoms with Gasteiger partial charge in [0.1, 0.15) is 11.9 Å². The molecule has 0 bridgehead atoms. The molecule has 19 heavy (non-hydrogen) atoms. The number of piperazine rings is 1. The van der Waals surface area contributed by atoms with Crippen molar-refractivity contribution in [2.45, 2.75) is 25.4 Å². The van der Waals surface area contributed by atoms with Crippen molar-refractivity contribution in [3.05, 3.63) is 30.1 Å². The number of carbonyl (C=O) groups excluding carboxylic acids is 1. The lowest BCUT2D eigenvalue weighted by atomic mass is 10.0. The van der Waals surface area contributed by atoms with Gasteiger partial charge < -0.3 is 14.9 Å². The highest BCUT2D eigenvalue weighted by atomic mass is 19.1. The molecule has 0 radical (unpaired) electrons. The minimum Gasteiger partial charge on any atom is -0.396 e. The van der Waals surface area contributed by atoms with E-state index in [1.54, 1.807) is 35.0 Å². The topological polar surface area (TPSA) is 43.8 Å². The van der Waals surface area contributed by atoms with Gasteiger partial charge in [0.2, 0.25) is 5.91 Å². The number of aliphatic hydroxyl groups excluding tert-OH is 1. The molecule has 5 heteroatoms. The van der Waals surface area contributed by atoms with Crippen LogP contribution in [-0.4, -0.2) is 48.2 Å². The molecular formula is C14H19FN2O2. The molecule has 0 saturated carbocycles. The summed E-state index contributed by atoms with van der Waals surface area (Å²) in [5, 5.41) is 9.13. The molecule has 1 aliphatic rings. The normalized spacial score (nSPS) is 23.9. The van der Waals surface area contributed by atoms with Gasteiger partial charge in [-0.3, -0.25) is 4.79 Å². The Morgan fingerprint density at radius 2 is 2.11 bits per heavy atom. The van der Waals surface area contributed by atoms with E-state index in [0.29, 0.717) is 18.7 Å². The average Bonchev–Trinajstić information content (AvgIpc) is 2.40. The van der Waals surface area contributed by atoms with Gasteiger partial charge in [0.25, 0.3) is 0 Å². The molecule has 1 saturated heterocycles. The fourth-order valence-corrected chi connectivity index (χ4v) is 2.47. The van der Waals surface area contributed by atoms with Crippen molar-refractivity contribution in [2.24, 2.45) is 0 Å². The molecule has 1 N–H and O–H groups in total. The second-order valence-corrected chi connectivity index (χ2v) is 4.93. The molecule has 2 atom stereocenters. The second kappa shape index (κ2) is 5.57. The molecule has 0 spiro atoms. The summed E-state index contributed by atoms with van der Waals surface area (Å²) in [6.07, 6.45) is 0.310. The predicted molar refractivity (Wildman–Crippen MR) is 71.5 cm³/mol. The summed E-state index contributed by atoms with van der Waals surface area (Å²) in [7, 11) is 1.75. The van der Waals surface area contributed by atoms with Crippen molar-refractivity contribution >= 4 is 11.6 Å². The number of hydrogen-bond donors (Lipinski definition) is 1. The Labute approximate surface area is 112 Å². The van der Waals surface area contributed by atoms with Crippen LogP contribution in [0.3, 0.4) is 0 Å². The first-order valence-electron chi connectivity index (χ1n) is 6.45. The highest BCUT2D eigenvalue weighted by Crippen LogP contribution is 2.27. The van der Waals surface area contributed by atoms with Crippen LogP contribution in [0.4, 0.5) is 10.1 Å². The number of aliphatic hydroxyl groups is 1. The van der Waals surface area contributed by atoms with Crippen molar-refractivity contribution in [1.82, 2.24) is 4.90 Å². The zero-order chi connectivity index (χ0) is 14.0. The van der Waals surface area contributed by atoms with E-state index in [2.05, 4.69) is 0 Å². The van der Waals surface area contributed by atoms with Crippen molar-refractivity contribution in [1.29, 1.82) is 0 Å². The average molecular weight is 266 g/mol. The quantitative estimate of drug-likeness (QED) is 0.895. The first-order chi connectivity index (χ1) is 9.06. The maximum atomic E-state index is 13.9. The van der Waals surface area contributed by atoms with Crippen LogP contribution in [0.2, 0.25) is 0 Å². The van der Waals surface area contributed by atoms with Crippen molar-refractivity contribution in [3.63, 3.8) is 0 Å². The molecule has 1 aromatic rings. The van der Waals surface area contributed by atoms with Gasteiger partial charge in [-0.05, 0) is 25.5 Å². The summed E-state index contributed by atoms with van der Waals surface area (Å²) in [5.41, 5.74) is 0.425. The van der Waals surface area contributed by atoms with E-state index in [4.69, 9.17) is 5.11 Å². The SMILES string of the molecule is CC1CN(c2ccccc2F)C(CCO)C(=O)N1C. The lowest BCUT2D eigenvalue weighted by Crippen LogP contribution is -2.60. The fraction of sp³-hybridized carbons (Fsp3) is 0.500. The zero-order valence-corrected chi connectivity index (χ0v) is 11.2. The third kappa shape index (κ3) is 2.56. The van der Waals surface area contributed by atoms with E-state index in [1.165, 1.54) is 6.07 Å². The molecule has 104 valence electrons. The third-order valence-corrected chi connectivity index (χ3v) is 3.70. The van der Waals surface area contributed by atoms with Crippen LogP contribution in [-0.2, 0) is 4.79 Å². The summed E-state index contributed by atoms with van der Waals surface area (Å²) < 4.78 is 13.9. The smallest absolute Gasteiger partial charge is 0.245 e. The lowest BCUT2D eigenvalue weighted by molar-refractivity contribution is -0.135. The molecule has 1 aromatic carbocycles. The Bertz CT molecular complexity index is 467. The number of anilines is 1. The van der Waals surface area contributed by atoms with E-state index >= 15 is 0 Å². The van der Waals surface area contributed by atoms with Gasteiger partial charge in [0.05, 0.1) is 5.69 Å². The minimum absolute atomic E-state index is 0.0158. The predicted octanol–water partition coefficient (Wildman–Crippen LogP) is 1.24. The Morgan fingerprint density at radius 1 is 1.42 bits per heavy atom. The first kappa shape index (κ1) is 13.8. The van der Waals surface area contributed by atoms with E-state index < -0.39 is 6.04 Å². The summed E-state index contributed by atoms with van der Waals surface area (Å²) in [5.74, 6) is -0.411. The molecule has 1 aliphatic heterocycles. The fourth-order valence-electron chi connectivity index (χ4n) is 2.47. The van der Waals surface area contributed by atoms with Gasteiger partial charge in [0.15, 0.2) is 0 Å². The Morgan fingerprint density at radius 3 is 2.74 bits per heavy atom. The van der Waals surface area contributed by atoms with Gasteiger partial charge in [0, 0.05) is 26.2 Å². The third-order valence-electron chi connectivity index (χ3n) is 3.70. The molecule has 1 amide bonds. The number of carbonyl (C=O) groups is 1. The second-order valence-electron chi connectivity index (χ2n) is 4.93. The van der Waals surface area contributed by atoms with Gasteiger partial charge in [-0.1, -0.05) is 12.1 Å². The van der Waals surface area contributed by atoms with Crippen LogP contribution >= 0.6 is 0 Å². The van der Waals surface area contributed by atoms with Crippen LogP contribution in [0, 0.1) is 5.82 Å². The molecule has 1 heterocycles. The number of amides is 1. The molecule has 4 nitrogen and oxygen atoms in total. The standard InChI is InChI=1S/C14H19FN2O2/c1-10-9-17(12-6-4-3-5-11(12)15)13(7-8-18)14(19)16(10)2/h3-6,10,13,18H,7-9H2,1-2H3. The van der Waals surface area contributed by atoms with Crippen molar-refractivity contribution in [3.8, 4) is 0 Å². The zero-order valence-electron chi connectivity index (χ0n) is 11.2. The Balaban J connectivity index is 2.36. The number of likely N-dealkylation sites (N-methyl/N-ethyl adjacent to an activating group) is 1. The summed E-state index contributed by atoms with van der Waals surface area (Å²) in [6, 6.07) is 5.96. The van der Waals surface area contributed by atoms with Crippen LogP contribution in [0.1, 0.15) is 13.3 Å². The number of benzene rings is 1. The van der Waals surface area contributed by atoms with Gasteiger partial charge in [-0.25, -0.2) is 4.39 Å². The van der Waals surface area contributed by atoms with Crippen LogP contribution in [0.5, 0.6) is 0 Å². The number of rotatable bonds is 3. The summed E-state index contributed by atoms with van der Waals surface area (Å²) >= 11 is 0. The maximum Gasteiger partial charge on any atom is 0.245 e. The molecule has 2 unspecified atom stereocenters. The van der Waals surface area contributed by atoms with Crippen LogP contribution < -0.4 is 4.90 Å². The monoisotopic (exact) mass is 266 g/mol. The molecule has 1 fully saturated rings.